The Hall–Kier alpha value is -1.95. The third-order valence-electron chi connectivity index (χ3n) is 5.37. The van der Waals surface area contributed by atoms with Gasteiger partial charge in [0.1, 0.15) is 38.0 Å². The van der Waals surface area contributed by atoms with Crippen molar-refractivity contribution in [3.05, 3.63) is 70.0 Å². The fourth-order valence-electron chi connectivity index (χ4n) is 3.64. The Labute approximate surface area is 164 Å². The second-order valence-electron chi connectivity index (χ2n) is 7.39. The number of likely N-dealkylation sites (N-methyl/N-ethyl adjacent to an activating group) is 1. The van der Waals surface area contributed by atoms with Crippen molar-refractivity contribution in [2.24, 2.45) is 0 Å². The normalized spacial score (nSPS) is 20.9. The zero-order chi connectivity index (χ0) is 19.4. The van der Waals surface area contributed by atoms with Crippen molar-refractivity contribution in [3.63, 3.8) is 0 Å². The predicted octanol–water partition coefficient (Wildman–Crippen LogP) is 0.672. The number of aryl methyl sites for hydroxylation is 1. The summed E-state index contributed by atoms with van der Waals surface area (Å²) in [5.41, 5.74) is 2.31. The highest BCUT2D eigenvalue weighted by molar-refractivity contribution is 6.33. The Balaban J connectivity index is 1.77. The predicted molar refractivity (Wildman–Crippen MR) is 105 cm³/mol. The number of quaternary nitrogens is 2. The average molecular weight is 392 g/mol. The van der Waals surface area contributed by atoms with Crippen LogP contribution in [-0.2, 0) is 0 Å². The summed E-state index contributed by atoms with van der Waals surface area (Å²) in [6.45, 7) is 6.80. The summed E-state index contributed by atoms with van der Waals surface area (Å²) in [4.78, 5) is 15.5. The van der Waals surface area contributed by atoms with Crippen LogP contribution in [0.4, 0.5) is 4.39 Å². The number of amides is 1. The van der Waals surface area contributed by atoms with E-state index in [2.05, 4.69) is 43.6 Å². The van der Waals surface area contributed by atoms with Gasteiger partial charge in [0.15, 0.2) is 0 Å². The molecule has 144 valence electrons. The van der Waals surface area contributed by atoms with E-state index in [1.165, 1.54) is 39.1 Å². The first-order chi connectivity index (χ1) is 13.0. The second-order valence-corrected chi connectivity index (χ2v) is 7.79. The smallest absolute Gasteiger partial charge is 0.256 e. The molecule has 1 fully saturated rings. The summed E-state index contributed by atoms with van der Waals surface area (Å²) in [5, 5.41) is 3.05. The molecule has 1 saturated heterocycles. The number of halogens is 2. The lowest BCUT2D eigenvalue weighted by atomic mass is 10.0. The molecule has 0 saturated carbocycles. The van der Waals surface area contributed by atoms with Crippen molar-refractivity contribution in [1.29, 1.82) is 0 Å². The van der Waals surface area contributed by atoms with Crippen LogP contribution in [-0.4, -0.2) is 45.7 Å². The Morgan fingerprint density at radius 2 is 1.81 bits per heavy atom. The highest BCUT2D eigenvalue weighted by Crippen LogP contribution is 2.19. The van der Waals surface area contributed by atoms with Crippen LogP contribution in [0.2, 0.25) is 5.02 Å². The number of piperazine rings is 1. The third-order valence-corrected chi connectivity index (χ3v) is 5.69. The molecule has 2 aromatic carbocycles. The fourth-order valence-corrected chi connectivity index (χ4v) is 3.89. The molecular weight excluding hydrogens is 365 g/mol. The summed E-state index contributed by atoms with van der Waals surface area (Å²) in [7, 11) is 2.21. The van der Waals surface area contributed by atoms with E-state index in [9.17, 15) is 9.18 Å². The van der Waals surface area contributed by atoms with Crippen LogP contribution < -0.4 is 15.1 Å². The van der Waals surface area contributed by atoms with Crippen LogP contribution in [0.1, 0.15) is 27.5 Å². The summed E-state index contributed by atoms with van der Waals surface area (Å²) in [6, 6.07) is 12.9. The lowest BCUT2D eigenvalue weighted by molar-refractivity contribution is -1.02. The fraction of sp³-hybridized carbons (Fsp3) is 0.381. The number of carbonyl (C=O) groups excluding carboxylic acids is 1. The molecule has 1 atom stereocenters. The molecule has 4 nitrogen and oxygen atoms in total. The Morgan fingerprint density at radius 3 is 2.44 bits per heavy atom. The van der Waals surface area contributed by atoms with Crippen LogP contribution >= 0.6 is 11.6 Å². The molecule has 6 heteroatoms. The van der Waals surface area contributed by atoms with E-state index in [1.807, 2.05) is 0 Å². The number of rotatable bonds is 5. The summed E-state index contributed by atoms with van der Waals surface area (Å²) < 4.78 is 14.0. The van der Waals surface area contributed by atoms with Gasteiger partial charge in [0.25, 0.3) is 5.91 Å². The van der Waals surface area contributed by atoms with E-state index in [0.29, 0.717) is 6.54 Å². The van der Waals surface area contributed by atoms with E-state index >= 15 is 0 Å². The lowest BCUT2D eigenvalue weighted by Gasteiger charge is -2.33. The van der Waals surface area contributed by atoms with Gasteiger partial charge in [0.2, 0.25) is 0 Å². The molecule has 1 aliphatic heterocycles. The number of benzene rings is 2. The van der Waals surface area contributed by atoms with Gasteiger partial charge in [-0.25, -0.2) is 4.39 Å². The maximum atomic E-state index is 14.0. The zero-order valence-electron chi connectivity index (χ0n) is 15.8. The molecule has 1 heterocycles. The van der Waals surface area contributed by atoms with E-state index in [-0.39, 0.29) is 16.6 Å². The highest BCUT2D eigenvalue weighted by Gasteiger charge is 2.30. The van der Waals surface area contributed by atoms with Crippen LogP contribution in [0.15, 0.2) is 42.5 Å². The molecule has 2 aromatic rings. The molecular formula is C21H27ClFN3O+2. The van der Waals surface area contributed by atoms with Gasteiger partial charge in [-0.15, -0.1) is 0 Å². The van der Waals surface area contributed by atoms with Crippen LogP contribution in [0.25, 0.3) is 0 Å². The quantitative estimate of drug-likeness (QED) is 0.688. The molecule has 0 aliphatic carbocycles. The molecule has 0 aromatic heterocycles. The molecule has 3 N–H and O–H groups in total. The topological polar surface area (TPSA) is 38.0 Å². The molecule has 27 heavy (non-hydrogen) atoms. The monoisotopic (exact) mass is 391 g/mol. The van der Waals surface area contributed by atoms with Crippen molar-refractivity contribution < 1.29 is 19.0 Å². The minimum absolute atomic E-state index is 0.0837. The Morgan fingerprint density at radius 1 is 1.15 bits per heavy atom. The lowest BCUT2D eigenvalue weighted by Crippen LogP contribution is -3.27. The number of carbonyl (C=O) groups is 1. The van der Waals surface area contributed by atoms with Gasteiger partial charge < -0.3 is 15.1 Å². The van der Waals surface area contributed by atoms with Crippen LogP contribution in [0.3, 0.4) is 0 Å². The first-order valence-corrected chi connectivity index (χ1v) is 9.78. The van der Waals surface area contributed by atoms with Crippen molar-refractivity contribution in [3.8, 4) is 0 Å². The summed E-state index contributed by atoms with van der Waals surface area (Å²) in [5.74, 6) is -1.06. The summed E-state index contributed by atoms with van der Waals surface area (Å²) >= 11 is 6.03. The standard InChI is InChI=1S/C21H25ClFN3O/c1-15-6-8-16(9-7-15)19(26-12-10-25(2)11-13-26)14-24-21(27)20-17(22)4-3-5-18(20)23/h3-9,19H,10-14H2,1-2H3,(H,24,27)/p+2/t19-/m1/s1. The van der Waals surface area contributed by atoms with Gasteiger partial charge in [0.05, 0.1) is 24.2 Å². The average Bonchev–Trinajstić information content (AvgIpc) is 2.64. The highest BCUT2D eigenvalue weighted by atomic mass is 35.5. The van der Waals surface area contributed by atoms with Gasteiger partial charge in [-0.05, 0) is 19.1 Å². The minimum atomic E-state index is -0.595. The molecule has 1 amide bonds. The SMILES string of the molecule is Cc1ccc([C@@H](CNC(=O)c2c(F)cccc2Cl)[NH+]2CC[NH+](C)CC2)cc1. The van der Waals surface area contributed by atoms with Gasteiger partial charge in [0, 0.05) is 5.56 Å². The van der Waals surface area contributed by atoms with Gasteiger partial charge >= 0.3 is 0 Å². The number of hydrogen-bond donors (Lipinski definition) is 3. The molecule has 0 bridgehead atoms. The molecule has 0 radical (unpaired) electrons. The second kappa shape index (κ2) is 8.83. The summed E-state index contributed by atoms with van der Waals surface area (Å²) in [6.07, 6.45) is 0. The zero-order valence-corrected chi connectivity index (χ0v) is 16.6. The van der Waals surface area contributed by atoms with E-state index < -0.39 is 11.7 Å². The first-order valence-electron chi connectivity index (χ1n) is 9.40. The first kappa shape index (κ1) is 19.8. The number of hydrogen-bond acceptors (Lipinski definition) is 1. The van der Waals surface area contributed by atoms with Crippen molar-refractivity contribution in [2.45, 2.75) is 13.0 Å². The maximum Gasteiger partial charge on any atom is 0.256 e. The largest absolute Gasteiger partial charge is 0.346 e. The molecule has 1 aliphatic rings. The maximum absolute atomic E-state index is 14.0. The minimum Gasteiger partial charge on any atom is -0.346 e. The molecule has 0 spiro atoms. The van der Waals surface area contributed by atoms with Crippen LogP contribution in [0.5, 0.6) is 0 Å². The molecule has 0 unspecified atom stereocenters. The van der Waals surface area contributed by atoms with E-state index in [4.69, 9.17) is 11.6 Å². The number of nitrogens with one attached hydrogen (secondary N) is 3. The molecule has 3 rings (SSSR count). The Kier molecular flexibility index (Phi) is 6.47. The third kappa shape index (κ3) is 4.86. The van der Waals surface area contributed by atoms with Gasteiger partial charge in [-0.2, -0.15) is 0 Å². The van der Waals surface area contributed by atoms with Crippen LogP contribution in [0, 0.1) is 12.7 Å². The Bertz CT molecular complexity index is 768. The van der Waals surface area contributed by atoms with Crippen molar-refractivity contribution in [2.75, 3.05) is 39.8 Å². The van der Waals surface area contributed by atoms with Crippen molar-refractivity contribution in [1.82, 2.24) is 5.32 Å². The van der Waals surface area contributed by atoms with E-state index in [0.717, 1.165) is 26.2 Å². The van der Waals surface area contributed by atoms with E-state index in [1.54, 1.807) is 0 Å². The van der Waals surface area contributed by atoms with Gasteiger partial charge in [-0.1, -0.05) is 47.5 Å². The van der Waals surface area contributed by atoms with Gasteiger partial charge in [-0.3, -0.25) is 4.79 Å². The van der Waals surface area contributed by atoms with Crippen molar-refractivity contribution >= 4 is 17.5 Å².